The summed E-state index contributed by atoms with van der Waals surface area (Å²) in [5.41, 5.74) is 0.782. The maximum atomic E-state index is 10.1. The molecule has 4 heteroatoms. The van der Waals surface area contributed by atoms with E-state index in [0.29, 0.717) is 18.5 Å². The molecule has 0 amide bonds. The minimum absolute atomic E-state index is 0.537. The standard InChI is InChI=1S/C16H25NO2S/c1-16(18,11-20-3)10-17-14-8-13(9-14)12-4-6-15(19-2)7-5-12/h4-7,13-14,17-18H,8-11H2,1-3H3. The van der Waals surface area contributed by atoms with Crippen molar-refractivity contribution in [3.05, 3.63) is 29.8 Å². The first-order chi connectivity index (χ1) is 9.54. The third kappa shape index (κ3) is 4.14. The molecule has 1 saturated carbocycles. The van der Waals surface area contributed by atoms with Crippen LogP contribution in [0.1, 0.15) is 31.2 Å². The monoisotopic (exact) mass is 295 g/mol. The Labute approximate surface area is 126 Å². The Morgan fingerprint density at radius 1 is 1.35 bits per heavy atom. The van der Waals surface area contributed by atoms with Crippen LogP contribution in [0, 0.1) is 0 Å². The number of hydrogen-bond donors (Lipinski definition) is 2. The SMILES string of the molecule is COc1ccc(C2CC(NCC(C)(O)CSC)C2)cc1. The predicted octanol–water partition coefficient (Wildman–Crippen LogP) is 2.64. The maximum Gasteiger partial charge on any atom is 0.118 e. The number of rotatable bonds is 7. The molecule has 2 rings (SSSR count). The van der Waals surface area contributed by atoms with Gasteiger partial charge >= 0.3 is 0 Å². The minimum Gasteiger partial charge on any atom is -0.497 e. The van der Waals surface area contributed by atoms with Crippen LogP contribution in [0.25, 0.3) is 0 Å². The van der Waals surface area contributed by atoms with Crippen molar-refractivity contribution in [2.24, 2.45) is 0 Å². The van der Waals surface area contributed by atoms with Crippen LogP contribution >= 0.6 is 11.8 Å². The molecule has 0 saturated heterocycles. The zero-order chi connectivity index (χ0) is 14.6. The van der Waals surface area contributed by atoms with Crippen molar-refractivity contribution in [3.63, 3.8) is 0 Å². The van der Waals surface area contributed by atoms with Crippen molar-refractivity contribution in [2.45, 2.75) is 37.3 Å². The average molecular weight is 295 g/mol. The lowest BCUT2D eigenvalue weighted by Gasteiger charge is -2.38. The van der Waals surface area contributed by atoms with Crippen molar-refractivity contribution in [2.75, 3.05) is 25.7 Å². The van der Waals surface area contributed by atoms with Gasteiger partial charge in [-0.15, -0.1) is 0 Å². The molecule has 1 aromatic rings. The van der Waals surface area contributed by atoms with Gasteiger partial charge in [-0.05, 0) is 49.6 Å². The van der Waals surface area contributed by atoms with Crippen LogP contribution in [0.3, 0.4) is 0 Å². The molecule has 1 atom stereocenters. The number of aliphatic hydroxyl groups is 1. The van der Waals surface area contributed by atoms with Gasteiger partial charge in [-0.25, -0.2) is 0 Å². The van der Waals surface area contributed by atoms with Crippen molar-refractivity contribution >= 4 is 11.8 Å². The third-order valence-corrected chi connectivity index (χ3v) is 4.86. The van der Waals surface area contributed by atoms with E-state index >= 15 is 0 Å². The molecule has 0 spiro atoms. The fourth-order valence-electron chi connectivity index (χ4n) is 2.66. The van der Waals surface area contributed by atoms with Crippen molar-refractivity contribution in [1.82, 2.24) is 5.32 Å². The zero-order valence-electron chi connectivity index (χ0n) is 12.6. The van der Waals surface area contributed by atoms with E-state index in [1.807, 2.05) is 25.3 Å². The van der Waals surface area contributed by atoms with E-state index in [1.54, 1.807) is 18.9 Å². The molecular formula is C16H25NO2S. The highest BCUT2D eigenvalue weighted by Crippen LogP contribution is 2.37. The van der Waals surface area contributed by atoms with E-state index in [9.17, 15) is 5.11 Å². The topological polar surface area (TPSA) is 41.5 Å². The highest BCUT2D eigenvalue weighted by molar-refractivity contribution is 7.98. The van der Waals surface area contributed by atoms with Gasteiger partial charge in [0.25, 0.3) is 0 Å². The van der Waals surface area contributed by atoms with Gasteiger partial charge in [-0.3, -0.25) is 0 Å². The van der Waals surface area contributed by atoms with Crippen LogP contribution in [0.4, 0.5) is 0 Å². The van der Waals surface area contributed by atoms with Crippen LogP contribution in [-0.2, 0) is 0 Å². The van der Waals surface area contributed by atoms with Gasteiger partial charge < -0.3 is 15.2 Å². The Morgan fingerprint density at radius 2 is 2.00 bits per heavy atom. The van der Waals surface area contributed by atoms with E-state index in [0.717, 1.165) is 24.3 Å². The molecule has 1 aliphatic carbocycles. The molecule has 112 valence electrons. The van der Waals surface area contributed by atoms with E-state index in [2.05, 4.69) is 17.4 Å². The van der Waals surface area contributed by atoms with Gasteiger partial charge in [0.1, 0.15) is 5.75 Å². The third-order valence-electron chi connectivity index (χ3n) is 3.95. The number of benzene rings is 1. The molecule has 1 unspecified atom stereocenters. The Bertz CT molecular complexity index is 413. The largest absolute Gasteiger partial charge is 0.497 e. The lowest BCUT2D eigenvalue weighted by Crippen LogP contribution is -2.48. The summed E-state index contributed by atoms with van der Waals surface area (Å²) >= 11 is 1.68. The molecule has 1 aliphatic rings. The Balaban J connectivity index is 1.74. The van der Waals surface area contributed by atoms with Gasteiger partial charge in [0, 0.05) is 18.3 Å². The molecule has 0 radical (unpaired) electrons. The van der Waals surface area contributed by atoms with E-state index in [1.165, 1.54) is 5.56 Å². The molecule has 20 heavy (non-hydrogen) atoms. The highest BCUT2D eigenvalue weighted by Gasteiger charge is 2.31. The molecule has 0 heterocycles. The van der Waals surface area contributed by atoms with Crippen molar-refractivity contribution in [1.29, 1.82) is 0 Å². The quantitative estimate of drug-likeness (QED) is 0.811. The van der Waals surface area contributed by atoms with Crippen LogP contribution in [0.2, 0.25) is 0 Å². The maximum absolute atomic E-state index is 10.1. The summed E-state index contributed by atoms with van der Waals surface area (Å²) in [6, 6.07) is 8.90. The fourth-order valence-corrected chi connectivity index (χ4v) is 3.38. The summed E-state index contributed by atoms with van der Waals surface area (Å²) in [5.74, 6) is 2.33. The summed E-state index contributed by atoms with van der Waals surface area (Å²) in [5, 5.41) is 13.6. The summed E-state index contributed by atoms with van der Waals surface area (Å²) in [6.45, 7) is 2.57. The smallest absolute Gasteiger partial charge is 0.118 e. The lowest BCUT2D eigenvalue weighted by atomic mass is 9.75. The van der Waals surface area contributed by atoms with Gasteiger partial charge in [0.15, 0.2) is 0 Å². The second-order valence-corrected chi connectivity index (χ2v) is 6.82. The molecular weight excluding hydrogens is 270 g/mol. The summed E-state index contributed by atoms with van der Waals surface area (Å²) in [4.78, 5) is 0. The van der Waals surface area contributed by atoms with Crippen LogP contribution in [0.5, 0.6) is 5.75 Å². The summed E-state index contributed by atoms with van der Waals surface area (Å²) < 4.78 is 5.18. The molecule has 3 nitrogen and oxygen atoms in total. The summed E-state index contributed by atoms with van der Waals surface area (Å²) in [7, 11) is 1.69. The van der Waals surface area contributed by atoms with E-state index in [-0.39, 0.29) is 0 Å². The molecule has 1 fully saturated rings. The van der Waals surface area contributed by atoms with E-state index in [4.69, 9.17) is 4.74 Å². The first kappa shape index (κ1) is 15.7. The number of nitrogens with one attached hydrogen (secondary N) is 1. The second kappa shape index (κ2) is 6.83. The van der Waals surface area contributed by atoms with Crippen molar-refractivity contribution in [3.8, 4) is 5.75 Å². The Hall–Kier alpha value is -0.710. The Morgan fingerprint density at radius 3 is 2.55 bits per heavy atom. The first-order valence-corrected chi connectivity index (χ1v) is 8.52. The highest BCUT2D eigenvalue weighted by atomic mass is 32.2. The average Bonchev–Trinajstić information content (AvgIpc) is 2.37. The van der Waals surface area contributed by atoms with Crippen molar-refractivity contribution < 1.29 is 9.84 Å². The van der Waals surface area contributed by atoms with Crippen LogP contribution in [0.15, 0.2) is 24.3 Å². The Kier molecular flexibility index (Phi) is 5.35. The molecule has 0 bridgehead atoms. The minimum atomic E-state index is -0.607. The summed E-state index contributed by atoms with van der Waals surface area (Å²) in [6.07, 6.45) is 4.33. The molecule has 1 aromatic carbocycles. The second-order valence-electron chi connectivity index (χ2n) is 5.95. The molecule has 0 aromatic heterocycles. The normalized spacial score (nSPS) is 24.8. The lowest BCUT2D eigenvalue weighted by molar-refractivity contribution is 0.0756. The zero-order valence-corrected chi connectivity index (χ0v) is 13.4. The first-order valence-electron chi connectivity index (χ1n) is 7.13. The van der Waals surface area contributed by atoms with Crippen LogP contribution < -0.4 is 10.1 Å². The van der Waals surface area contributed by atoms with Gasteiger partial charge in [0.2, 0.25) is 0 Å². The number of hydrogen-bond acceptors (Lipinski definition) is 4. The fraction of sp³-hybridized carbons (Fsp3) is 0.625. The van der Waals surface area contributed by atoms with Gasteiger partial charge in [-0.1, -0.05) is 12.1 Å². The van der Waals surface area contributed by atoms with E-state index < -0.39 is 5.60 Å². The van der Waals surface area contributed by atoms with Gasteiger partial charge in [0.05, 0.1) is 12.7 Å². The number of methoxy groups -OCH3 is 1. The number of thioether (sulfide) groups is 1. The van der Waals surface area contributed by atoms with Crippen LogP contribution in [-0.4, -0.2) is 42.4 Å². The molecule has 0 aliphatic heterocycles. The molecule has 2 N–H and O–H groups in total. The predicted molar refractivity (Wildman–Crippen MR) is 85.8 cm³/mol. The van der Waals surface area contributed by atoms with Gasteiger partial charge in [-0.2, -0.15) is 11.8 Å². The number of ether oxygens (including phenoxy) is 1.